The molecule has 1 fully saturated rings. The molecule has 25 heavy (non-hydrogen) atoms. The number of carboxylic acid groups (broad SMARTS) is 1. The zero-order valence-corrected chi connectivity index (χ0v) is 14.6. The van der Waals surface area contributed by atoms with E-state index in [0.29, 0.717) is 17.9 Å². The molecule has 1 aliphatic rings. The van der Waals surface area contributed by atoms with Gasteiger partial charge in [-0.2, -0.15) is 0 Å². The highest BCUT2D eigenvalue weighted by atomic mass is 32.1. The van der Waals surface area contributed by atoms with Gasteiger partial charge < -0.3 is 15.7 Å². The number of piperidine rings is 1. The highest BCUT2D eigenvalue weighted by molar-refractivity contribution is 7.09. The average molecular weight is 359 g/mol. The number of rotatable bonds is 6. The molecular weight excluding hydrogens is 338 g/mol. The van der Waals surface area contributed by atoms with Crippen molar-refractivity contribution < 1.29 is 9.90 Å². The number of nitrogen functional groups attached to an aromatic ring is 1. The Hall–Kier alpha value is -2.48. The van der Waals surface area contributed by atoms with Gasteiger partial charge in [-0.1, -0.05) is 0 Å². The lowest BCUT2D eigenvalue weighted by Crippen LogP contribution is -2.33. The topological polar surface area (TPSA) is 116 Å². The molecule has 0 aliphatic carbocycles. The van der Waals surface area contributed by atoms with Gasteiger partial charge in [0.2, 0.25) is 0 Å². The molecule has 0 bridgehead atoms. The van der Waals surface area contributed by atoms with Crippen LogP contribution in [0.25, 0.3) is 0 Å². The Morgan fingerprint density at radius 2 is 2.16 bits per heavy atom. The number of nitrogens with two attached hydrogens (primary N) is 1. The third kappa shape index (κ3) is 4.33. The molecule has 0 amide bonds. The zero-order chi connectivity index (χ0) is 17.8. The van der Waals surface area contributed by atoms with Crippen LogP contribution in [0, 0.1) is 5.41 Å². The molecule has 0 saturated carbocycles. The predicted molar refractivity (Wildman–Crippen MR) is 97.5 cm³/mol. The number of hydrogen-bond donors (Lipinski definition) is 3. The number of pyridine rings is 1. The summed E-state index contributed by atoms with van der Waals surface area (Å²) in [5, 5.41) is 19.3. The molecule has 4 N–H and O–H groups in total. The molecule has 8 heteroatoms. The Bertz CT molecular complexity index is 751. The van der Waals surface area contributed by atoms with E-state index in [1.54, 1.807) is 17.5 Å². The van der Waals surface area contributed by atoms with Crippen LogP contribution in [0.4, 0.5) is 5.82 Å². The van der Waals surface area contributed by atoms with Crippen LogP contribution in [0.3, 0.4) is 0 Å². The van der Waals surface area contributed by atoms with E-state index in [2.05, 4.69) is 14.9 Å². The number of nitrogens with one attached hydrogen (secondary N) is 1. The first-order chi connectivity index (χ1) is 12.0. The van der Waals surface area contributed by atoms with Crippen LogP contribution < -0.4 is 10.6 Å². The second-order valence-corrected chi connectivity index (χ2v) is 7.04. The Kier molecular flexibility index (Phi) is 5.28. The number of thiazole rings is 1. The number of amidine groups is 1. The average Bonchev–Trinajstić information content (AvgIpc) is 3.09. The standard InChI is InChI=1S/C17H21N5O2S/c18-16(19)12-1-3-14(20-9-12)22-7-5-11(6-8-22)17-21-13(10-25-17)2-4-15(23)24/h1,3,9-11H,2,4-8H2,(H3,18,19)(H,23,24). The first kappa shape index (κ1) is 17.3. The van der Waals surface area contributed by atoms with Crippen LogP contribution in [0.5, 0.6) is 0 Å². The van der Waals surface area contributed by atoms with Crippen molar-refractivity contribution in [2.45, 2.75) is 31.6 Å². The smallest absolute Gasteiger partial charge is 0.303 e. The minimum atomic E-state index is -0.786. The van der Waals surface area contributed by atoms with Crippen LogP contribution in [0.2, 0.25) is 0 Å². The van der Waals surface area contributed by atoms with Gasteiger partial charge in [0.15, 0.2) is 0 Å². The Labute approximate surface area is 150 Å². The Balaban J connectivity index is 1.56. The van der Waals surface area contributed by atoms with Crippen molar-refractivity contribution in [1.29, 1.82) is 5.41 Å². The number of carbonyl (C=O) groups is 1. The number of aryl methyl sites for hydroxylation is 1. The van der Waals surface area contributed by atoms with E-state index in [-0.39, 0.29) is 12.3 Å². The fourth-order valence-electron chi connectivity index (χ4n) is 2.95. The minimum absolute atomic E-state index is 0.0280. The van der Waals surface area contributed by atoms with Gasteiger partial charge in [-0.25, -0.2) is 9.97 Å². The van der Waals surface area contributed by atoms with Crippen LogP contribution in [-0.4, -0.2) is 40.0 Å². The van der Waals surface area contributed by atoms with Gasteiger partial charge in [-0.15, -0.1) is 11.3 Å². The fraction of sp³-hybridized carbons (Fsp3) is 0.412. The minimum Gasteiger partial charge on any atom is -0.481 e. The molecule has 0 spiro atoms. The lowest BCUT2D eigenvalue weighted by Gasteiger charge is -2.32. The molecule has 0 aromatic carbocycles. The highest BCUT2D eigenvalue weighted by Crippen LogP contribution is 2.32. The molecule has 2 aromatic heterocycles. The maximum absolute atomic E-state index is 10.7. The Morgan fingerprint density at radius 1 is 1.40 bits per heavy atom. The number of carboxylic acids is 1. The number of anilines is 1. The molecule has 2 aromatic rings. The van der Waals surface area contributed by atoms with Gasteiger partial charge in [0, 0.05) is 42.6 Å². The lowest BCUT2D eigenvalue weighted by atomic mass is 9.97. The van der Waals surface area contributed by atoms with Crippen molar-refractivity contribution in [1.82, 2.24) is 9.97 Å². The maximum atomic E-state index is 10.7. The summed E-state index contributed by atoms with van der Waals surface area (Å²) in [5.41, 5.74) is 6.97. The highest BCUT2D eigenvalue weighted by Gasteiger charge is 2.23. The number of aromatic nitrogens is 2. The van der Waals surface area contributed by atoms with Crippen LogP contribution in [0.1, 0.15) is 41.4 Å². The third-order valence-electron chi connectivity index (χ3n) is 4.39. The van der Waals surface area contributed by atoms with Crippen molar-refractivity contribution in [3.8, 4) is 0 Å². The van der Waals surface area contributed by atoms with E-state index in [4.69, 9.17) is 16.2 Å². The van der Waals surface area contributed by atoms with Crippen molar-refractivity contribution in [2.24, 2.45) is 5.73 Å². The van der Waals surface area contributed by atoms with Crippen molar-refractivity contribution in [3.63, 3.8) is 0 Å². The SMILES string of the molecule is N=C(N)c1ccc(N2CCC(c3nc(CCC(=O)O)cs3)CC2)nc1. The summed E-state index contributed by atoms with van der Waals surface area (Å²) in [6, 6.07) is 3.73. The van der Waals surface area contributed by atoms with Gasteiger partial charge in [-0.05, 0) is 25.0 Å². The van der Waals surface area contributed by atoms with Gasteiger partial charge in [0.05, 0.1) is 17.1 Å². The van der Waals surface area contributed by atoms with Gasteiger partial charge >= 0.3 is 5.97 Å². The molecule has 3 heterocycles. The van der Waals surface area contributed by atoms with E-state index in [0.717, 1.165) is 42.5 Å². The number of nitrogens with zero attached hydrogens (tertiary/aromatic N) is 3. The molecule has 7 nitrogen and oxygen atoms in total. The van der Waals surface area contributed by atoms with Gasteiger partial charge in [-0.3, -0.25) is 10.2 Å². The van der Waals surface area contributed by atoms with E-state index >= 15 is 0 Å². The molecule has 0 unspecified atom stereocenters. The van der Waals surface area contributed by atoms with Crippen LogP contribution in [-0.2, 0) is 11.2 Å². The van der Waals surface area contributed by atoms with Gasteiger partial charge in [0.1, 0.15) is 11.7 Å². The van der Waals surface area contributed by atoms with E-state index in [1.807, 2.05) is 17.5 Å². The summed E-state index contributed by atoms with van der Waals surface area (Å²) in [4.78, 5) is 21.9. The van der Waals surface area contributed by atoms with Crippen molar-refractivity contribution in [2.75, 3.05) is 18.0 Å². The monoisotopic (exact) mass is 359 g/mol. The molecule has 132 valence electrons. The van der Waals surface area contributed by atoms with E-state index in [1.165, 1.54) is 0 Å². The first-order valence-corrected chi connectivity index (χ1v) is 9.12. The second-order valence-electron chi connectivity index (χ2n) is 6.15. The maximum Gasteiger partial charge on any atom is 0.303 e. The predicted octanol–water partition coefficient (Wildman–Crippen LogP) is 2.22. The van der Waals surface area contributed by atoms with Gasteiger partial charge in [0.25, 0.3) is 0 Å². The summed E-state index contributed by atoms with van der Waals surface area (Å²) in [7, 11) is 0. The summed E-state index contributed by atoms with van der Waals surface area (Å²) in [6.07, 6.45) is 4.27. The largest absolute Gasteiger partial charge is 0.481 e. The molecule has 1 aliphatic heterocycles. The molecule has 0 atom stereocenters. The van der Waals surface area contributed by atoms with E-state index in [9.17, 15) is 4.79 Å². The van der Waals surface area contributed by atoms with Crippen LogP contribution in [0.15, 0.2) is 23.7 Å². The number of hydrogen-bond acceptors (Lipinski definition) is 6. The second kappa shape index (κ2) is 7.60. The summed E-state index contributed by atoms with van der Waals surface area (Å²) in [5.74, 6) is 0.576. The molecule has 1 saturated heterocycles. The number of aliphatic carboxylic acids is 1. The first-order valence-electron chi connectivity index (χ1n) is 8.24. The lowest BCUT2D eigenvalue weighted by molar-refractivity contribution is -0.136. The quantitative estimate of drug-likeness (QED) is 0.538. The Morgan fingerprint density at radius 3 is 2.76 bits per heavy atom. The molecule has 0 radical (unpaired) electrons. The summed E-state index contributed by atoms with van der Waals surface area (Å²) < 4.78 is 0. The molecule has 3 rings (SSSR count). The van der Waals surface area contributed by atoms with E-state index < -0.39 is 5.97 Å². The third-order valence-corrected chi connectivity index (χ3v) is 5.45. The fourth-order valence-corrected chi connectivity index (χ4v) is 3.97. The van der Waals surface area contributed by atoms with Crippen molar-refractivity contribution in [3.05, 3.63) is 40.0 Å². The normalized spacial score (nSPS) is 15.3. The van der Waals surface area contributed by atoms with Crippen LogP contribution >= 0.6 is 11.3 Å². The zero-order valence-electron chi connectivity index (χ0n) is 13.8. The summed E-state index contributed by atoms with van der Waals surface area (Å²) >= 11 is 1.63. The van der Waals surface area contributed by atoms with Crippen molar-refractivity contribution >= 4 is 29.0 Å². The molecular formula is C17H21N5O2S. The summed E-state index contributed by atoms with van der Waals surface area (Å²) in [6.45, 7) is 1.81.